The van der Waals surface area contributed by atoms with Crippen LogP contribution in [0, 0.1) is 0 Å². The third kappa shape index (κ3) is 2.42. The Balaban J connectivity index is 1.66. The van der Waals surface area contributed by atoms with E-state index in [0.29, 0.717) is 5.92 Å². The van der Waals surface area contributed by atoms with Gasteiger partial charge in [0.05, 0.1) is 17.4 Å². The highest BCUT2D eigenvalue weighted by molar-refractivity contribution is 5.41. The molecule has 0 spiro atoms. The largest absolute Gasteiger partial charge is 0.370 e. The lowest BCUT2D eigenvalue weighted by molar-refractivity contribution is 0.431. The Kier molecular flexibility index (Phi) is 3.35. The predicted molar refractivity (Wildman–Crippen MR) is 82.6 cm³/mol. The summed E-state index contributed by atoms with van der Waals surface area (Å²) in [5.41, 5.74) is 2.35. The molecule has 5 heteroatoms. The molecule has 1 unspecified atom stereocenters. The molecule has 0 aromatic carbocycles. The Labute approximate surface area is 124 Å². The standard InChI is InChI=1S/C16H21N5/c1-2-7-18-13(3-1)15-6-10-19-16-11-14(20-21(15)16)12-4-8-17-9-5-12/h1-3,7,11-12,15,17,19H,4-6,8-10H2. The van der Waals surface area contributed by atoms with Crippen LogP contribution in [0.3, 0.4) is 0 Å². The zero-order valence-electron chi connectivity index (χ0n) is 12.1. The number of rotatable bonds is 2. The molecule has 4 heterocycles. The van der Waals surface area contributed by atoms with Crippen LogP contribution in [0.25, 0.3) is 0 Å². The lowest BCUT2D eigenvalue weighted by Gasteiger charge is -2.25. The first-order chi connectivity index (χ1) is 10.4. The topological polar surface area (TPSA) is 54.8 Å². The fraction of sp³-hybridized carbons (Fsp3) is 0.500. The summed E-state index contributed by atoms with van der Waals surface area (Å²) in [4.78, 5) is 4.52. The molecule has 2 aromatic rings. The lowest BCUT2D eigenvalue weighted by Crippen LogP contribution is -2.27. The Hall–Kier alpha value is -1.88. The summed E-state index contributed by atoms with van der Waals surface area (Å²) in [5.74, 6) is 1.74. The van der Waals surface area contributed by atoms with Crippen LogP contribution in [0.5, 0.6) is 0 Å². The van der Waals surface area contributed by atoms with E-state index in [4.69, 9.17) is 5.10 Å². The van der Waals surface area contributed by atoms with Gasteiger partial charge in [-0.1, -0.05) is 6.07 Å². The normalized spacial score (nSPS) is 22.6. The van der Waals surface area contributed by atoms with E-state index in [1.54, 1.807) is 0 Å². The van der Waals surface area contributed by atoms with Crippen LogP contribution < -0.4 is 10.6 Å². The van der Waals surface area contributed by atoms with Crippen molar-refractivity contribution in [1.29, 1.82) is 0 Å². The van der Waals surface area contributed by atoms with Gasteiger partial charge in [0.2, 0.25) is 0 Å². The minimum Gasteiger partial charge on any atom is -0.370 e. The molecule has 5 nitrogen and oxygen atoms in total. The van der Waals surface area contributed by atoms with Crippen molar-refractivity contribution in [3.05, 3.63) is 41.9 Å². The number of anilines is 1. The SMILES string of the molecule is c1ccc(C2CCNc3cc(C4CCNCC4)nn32)nc1. The molecule has 4 rings (SSSR count). The zero-order chi connectivity index (χ0) is 14.1. The fourth-order valence-electron chi connectivity index (χ4n) is 3.41. The van der Waals surface area contributed by atoms with Crippen molar-refractivity contribution in [2.24, 2.45) is 0 Å². The van der Waals surface area contributed by atoms with Crippen LogP contribution in [-0.4, -0.2) is 34.4 Å². The summed E-state index contributed by atoms with van der Waals surface area (Å²) in [7, 11) is 0. The summed E-state index contributed by atoms with van der Waals surface area (Å²) < 4.78 is 2.14. The van der Waals surface area contributed by atoms with Gasteiger partial charge in [-0.25, -0.2) is 4.68 Å². The van der Waals surface area contributed by atoms with Gasteiger partial charge in [0, 0.05) is 24.7 Å². The number of pyridine rings is 1. The van der Waals surface area contributed by atoms with Crippen LogP contribution in [0.15, 0.2) is 30.5 Å². The molecule has 2 aliphatic rings. The summed E-state index contributed by atoms with van der Waals surface area (Å²) in [6, 6.07) is 8.63. The van der Waals surface area contributed by atoms with Gasteiger partial charge < -0.3 is 10.6 Å². The first kappa shape index (κ1) is 12.8. The smallest absolute Gasteiger partial charge is 0.125 e. The Morgan fingerprint density at radius 3 is 2.76 bits per heavy atom. The van der Waals surface area contributed by atoms with Crippen molar-refractivity contribution in [1.82, 2.24) is 20.1 Å². The van der Waals surface area contributed by atoms with Gasteiger partial charge in [-0.2, -0.15) is 5.10 Å². The van der Waals surface area contributed by atoms with Gasteiger partial charge >= 0.3 is 0 Å². The maximum Gasteiger partial charge on any atom is 0.125 e. The molecule has 0 amide bonds. The average molecular weight is 283 g/mol. The van der Waals surface area contributed by atoms with Gasteiger partial charge in [-0.3, -0.25) is 4.98 Å². The minimum absolute atomic E-state index is 0.262. The molecule has 21 heavy (non-hydrogen) atoms. The molecule has 2 N–H and O–H groups in total. The van der Waals surface area contributed by atoms with Crippen LogP contribution in [-0.2, 0) is 0 Å². The zero-order valence-corrected chi connectivity index (χ0v) is 12.1. The fourth-order valence-corrected chi connectivity index (χ4v) is 3.41. The summed E-state index contributed by atoms with van der Waals surface area (Å²) in [6.45, 7) is 3.19. The summed E-state index contributed by atoms with van der Waals surface area (Å²) >= 11 is 0. The second-order valence-electron chi connectivity index (χ2n) is 5.91. The number of piperidine rings is 1. The van der Waals surface area contributed by atoms with E-state index in [0.717, 1.165) is 37.6 Å². The lowest BCUT2D eigenvalue weighted by atomic mass is 9.95. The predicted octanol–water partition coefficient (Wildman–Crippen LogP) is 2.15. The van der Waals surface area contributed by atoms with Crippen molar-refractivity contribution >= 4 is 5.82 Å². The minimum atomic E-state index is 0.262. The second-order valence-corrected chi connectivity index (χ2v) is 5.91. The van der Waals surface area contributed by atoms with Crippen LogP contribution >= 0.6 is 0 Å². The molecule has 0 saturated carbocycles. The molecular weight excluding hydrogens is 262 g/mol. The number of aromatic nitrogens is 3. The average Bonchev–Trinajstić information content (AvgIpc) is 3.00. The van der Waals surface area contributed by atoms with Crippen molar-refractivity contribution in [2.45, 2.75) is 31.2 Å². The molecular formula is C16H21N5. The Morgan fingerprint density at radius 2 is 1.95 bits per heavy atom. The summed E-state index contributed by atoms with van der Waals surface area (Å²) in [6.07, 6.45) is 5.28. The maximum atomic E-state index is 4.92. The molecule has 0 radical (unpaired) electrons. The molecule has 110 valence electrons. The van der Waals surface area contributed by atoms with Crippen LogP contribution in [0.4, 0.5) is 5.82 Å². The van der Waals surface area contributed by atoms with Gasteiger partial charge in [0.15, 0.2) is 0 Å². The molecule has 0 aliphatic carbocycles. The van der Waals surface area contributed by atoms with Crippen molar-refractivity contribution in [3.8, 4) is 0 Å². The number of nitrogens with one attached hydrogen (secondary N) is 2. The van der Waals surface area contributed by atoms with E-state index in [1.165, 1.54) is 18.5 Å². The van der Waals surface area contributed by atoms with E-state index >= 15 is 0 Å². The van der Waals surface area contributed by atoms with E-state index < -0.39 is 0 Å². The van der Waals surface area contributed by atoms with Gasteiger partial charge in [0.25, 0.3) is 0 Å². The number of fused-ring (bicyclic) bond motifs is 1. The Morgan fingerprint density at radius 1 is 1.05 bits per heavy atom. The van der Waals surface area contributed by atoms with Crippen molar-refractivity contribution in [2.75, 3.05) is 25.0 Å². The molecule has 2 aliphatic heterocycles. The van der Waals surface area contributed by atoms with Crippen molar-refractivity contribution in [3.63, 3.8) is 0 Å². The highest BCUT2D eigenvalue weighted by Gasteiger charge is 2.26. The third-order valence-corrected chi connectivity index (χ3v) is 4.56. The molecule has 0 bridgehead atoms. The number of hydrogen-bond donors (Lipinski definition) is 2. The van der Waals surface area contributed by atoms with Gasteiger partial charge in [-0.15, -0.1) is 0 Å². The quantitative estimate of drug-likeness (QED) is 0.887. The molecule has 1 saturated heterocycles. The molecule has 1 fully saturated rings. The van der Waals surface area contributed by atoms with E-state index in [-0.39, 0.29) is 6.04 Å². The van der Waals surface area contributed by atoms with Gasteiger partial charge in [0.1, 0.15) is 5.82 Å². The molecule has 2 aromatic heterocycles. The third-order valence-electron chi connectivity index (χ3n) is 4.56. The van der Waals surface area contributed by atoms with E-state index in [1.807, 2.05) is 12.3 Å². The highest BCUT2D eigenvalue weighted by atomic mass is 15.4. The van der Waals surface area contributed by atoms with E-state index in [9.17, 15) is 0 Å². The van der Waals surface area contributed by atoms with Crippen LogP contribution in [0.2, 0.25) is 0 Å². The van der Waals surface area contributed by atoms with E-state index in [2.05, 4.69) is 38.5 Å². The monoisotopic (exact) mass is 283 g/mol. The Bertz CT molecular complexity index is 600. The highest BCUT2D eigenvalue weighted by Crippen LogP contribution is 2.32. The number of hydrogen-bond acceptors (Lipinski definition) is 4. The number of nitrogens with zero attached hydrogens (tertiary/aromatic N) is 3. The first-order valence-corrected chi connectivity index (χ1v) is 7.87. The second kappa shape index (κ2) is 5.48. The molecule has 1 atom stereocenters. The van der Waals surface area contributed by atoms with Crippen molar-refractivity contribution < 1.29 is 0 Å². The maximum absolute atomic E-state index is 4.92. The van der Waals surface area contributed by atoms with Crippen LogP contribution in [0.1, 0.15) is 42.6 Å². The summed E-state index contributed by atoms with van der Waals surface area (Å²) in [5, 5.41) is 11.8. The first-order valence-electron chi connectivity index (χ1n) is 7.87. The van der Waals surface area contributed by atoms with Gasteiger partial charge in [-0.05, 0) is 44.5 Å².